The molecular formula is C15H25BrN4. The molecular weight excluding hydrogens is 316 g/mol. The van der Waals surface area contributed by atoms with E-state index in [0.29, 0.717) is 11.5 Å². The molecule has 1 aliphatic carbocycles. The maximum atomic E-state index is 4.37. The second-order valence-electron chi connectivity index (χ2n) is 6.39. The maximum absolute atomic E-state index is 4.37. The molecule has 20 heavy (non-hydrogen) atoms. The Labute approximate surface area is 130 Å². The van der Waals surface area contributed by atoms with E-state index in [0.717, 1.165) is 29.1 Å². The third kappa shape index (κ3) is 4.08. The van der Waals surface area contributed by atoms with Gasteiger partial charge in [-0.1, -0.05) is 20.8 Å². The average Bonchev–Trinajstić information content (AvgIpc) is 2.42. The smallest absolute Gasteiger partial charge is 0.146 e. The molecule has 5 heteroatoms. The second kappa shape index (κ2) is 6.74. The molecule has 4 nitrogen and oxygen atoms in total. The normalized spacial score (nSPS) is 18.8. The van der Waals surface area contributed by atoms with Crippen LogP contribution in [0, 0.1) is 5.41 Å². The lowest BCUT2D eigenvalue weighted by Crippen LogP contribution is -2.30. The van der Waals surface area contributed by atoms with Crippen molar-refractivity contribution < 1.29 is 0 Å². The number of nitrogens with zero attached hydrogens (tertiary/aromatic N) is 2. The van der Waals surface area contributed by atoms with Crippen molar-refractivity contribution in [1.29, 1.82) is 0 Å². The fraction of sp³-hybridized carbons (Fsp3) is 0.733. The Hall–Kier alpha value is -0.840. The van der Waals surface area contributed by atoms with Crippen molar-refractivity contribution in [3.8, 4) is 0 Å². The lowest BCUT2D eigenvalue weighted by atomic mass is 9.75. The lowest BCUT2D eigenvalue weighted by molar-refractivity contribution is 0.232. The highest BCUT2D eigenvalue weighted by Crippen LogP contribution is 2.37. The fourth-order valence-electron chi connectivity index (χ4n) is 2.57. The predicted octanol–water partition coefficient (Wildman–Crippen LogP) is 4.44. The Kier molecular flexibility index (Phi) is 5.24. The summed E-state index contributed by atoms with van der Waals surface area (Å²) < 4.78 is 0.943. The molecule has 0 unspecified atom stereocenters. The van der Waals surface area contributed by atoms with Crippen molar-refractivity contribution in [2.75, 3.05) is 17.2 Å². The van der Waals surface area contributed by atoms with Gasteiger partial charge < -0.3 is 10.6 Å². The Bertz CT molecular complexity index is 437. The largest absolute Gasteiger partial charge is 0.369 e. The molecule has 1 saturated carbocycles. The van der Waals surface area contributed by atoms with Crippen LogP contribution < -0.4 is 10.6 Å². The zero-order chi connectivity index (χ0) is 14.6. The van der Waals surface area contributed by atoms with Crippen LogP contribution in [-0.2, 0) is 0 Å². The molecule has 2 N–H and O–H groups in total. The Morgan fingerprint density at radius 2 is 1.90 bits per heavy atom. The summed E-state index contributed by atoms with van der Waals surface area (Å²) in [6.07, 6.45) is 7.67. The van der Waals surface area contributed by atoms with Crippen LogP contribution in [0.2, 0.25) is 0 Å². The van der Waals surface area contributed by atoms with Crippen molar-refractivity contribution in [1.82, 2.24) is 9.97 Å². The average molecular weight is 341 g/mol. The quantitative estimate of drug-likeness (QED) is 0.831. The number of rotatable bonds is 5. The molecule has 0 aromatic carbocycles. The minimum absolute atomic E-state index is 0.495. The molecule has 1 heterocycles. The summed E-state index contributed by atoms with van der Waals surface area (Å²) in [5.74, 6) is 1.78. The van der Waals surface area contributed by atoms with Crippen LogP contribution in [0.15, 0.2) is 10.8 Å². The van der Waals surface area contributed by atoms with Crippen molar-refractivity contribution in [2.45, 2.75) is 58.9 Å². The minimum Gasteiger partial charge on any atom is -0.369 e. The molecule has 0 saturated heterocycles. The van der Waals surface area contributed by atoms with Gasteiger partial charge in [0, 0.05) is 12.6 Å². The Morgan fingerprint density at radius 3 is 2.55 bits per heavy atom. The van der Waals surface area contributed by atoms with Crippen LogP contribution in [-0.4, -0.2) is 22.6 Å². The molecule has 1 aliphatic rings. The third-order valence-corrected chi connectivity index (χ3v) is 4.76. The van der Waals surface area contributed by atoms with Crippen LogP contribution in [0.4, 0.5) is 11.6 Å². The fourth-order valence-corrected chi connectivity index (χ4v) is 3.03. The molecule has 0 spiro atoms. The van der Waals surface area contributed by atoms with Gasteiger partial charge in [0.25, 0.3) is 0 Å². The van der Waals surface area contributed by atoms with Gasteiger partial charge in [-0.05, 0) is 53.4 Å². The minimum atomic E-state index is 0.495. The molecule has 1 aromatic rings. The molecule has 0 radical (unpaired) electrons. The molecule has 0 bridgehead atoms. The van der Waals surface area contributed by atoms with Crippen molar-refractivity contribution in [2.24, 2.45) is 5.41 Å². The number of halogens is 1. The van der Waals surface area contributed by atoms with E-state index in [4.69, 9.17) is 0 Å². The van der Waals surface area contributed by atoms with E-state index in [1.165, 1.54) is 25.7 Å². The van der Waals surface area contributed by atoms with Gasteiger partial charge in [-0.15, -0.1) is 0 Å². The first-order valence-corrected chi connectivity index (χ1v) is 8.32. The highest BCUT2D eigenvalue weighted by Gasteiger charge is 2.27. The summed E-state index contributed by atoms with van der Waals surface area (Å²) in [6.45, 7) is 7.78. The highest BCUT2D eigenvalue weighted by molar-refractivity contribution is 9.10. The van der Waals surface area contributed by atoms with Crippen LogP contribution in [0.5, 0.6) is 0 Å². The maximum Gasteiger partial charge on any atom is 0.146 e. The summed E-state index contributed by atoms with van der Waals surface area (Å²) in [6, 6.07) is 0.522. The van der Waals surface area contributed by atoms with Gasteiger partial charge in [0.15, 0.2) is 0 Å². The number of hydrogen-bond donors (Lipinski definition) is 2. The van der Waals surface area contributed by atoms with Gasteiger partial charge in [0.1, 0.15) is 22.4 Å². The van der Waals surface area contributed by atoms with E-state index in [-0.39, 0.29) is 0 Å². The summed E-state index contributed by atoms with van der Waals surface area (Å²) in [7, 11) is 0. The van der Waals surface area contributed by atoms with E-state index in [1.54, 1.807) is 6.33 Å². The topological polar surface area (TPSA) is 49.8 Å². The van der Waals surface area contributed by atoms with Crippen LogP contribution in [0.25, 0.3) is 0 Å². The molecule has 1 aromatic heterocycles. The molecule has 0 amide bonds. The van der Waals surface area contributed by atoms with Crippen molar-refractivity contribution >= 4 is 27.6 Å². The van der Waals surface area contributed by atoms with E-state index in [2.05, 4.69) is 57.3 Å². The molecule has 1 fully saturated rings. The number of hydrogen-bond acceptors (Lipinski definition) is 4. The first kappa shape index (κ1) is 15.5. The first-order valence-electron chi connectivity index (χ1n) is 7.53. The number of nitrogens with one attached hydrogen (secondary N) is 2. The highest BCUT2D eigenvalue weighted by atomic mass is 79.9. The monoisotopic (exact) mass is 340 g/mol. The second-order valence-corrected chi connectivity index (χ2v) is 7.19. The standard InChI is InChI=1S/C15H25BrN4/c1-4-9-17-13-12(16)14(19-10-18-13)20-11-5-7-15(2,3)8-6-11/h10-11H,4-9H2,1-3H3,(H2,17,18,19,20). The Balaban J connectivity index is 1.99. The van der Waals surface area contributed by atoms with E-state index in [9.17, 15) is 0 Å². The molecule has 2 rings (SSSR count). The van der Waals surface area contributed by atoms with Gasteiger partial charge >= 0.3 is 0 Å². The zero-order valence-electron chi connectivity index (χ0n) is 12.7. The Morgan fingerprint density at radius 1 is 1.25 bits per heavy atom. The summed E-state index contributed by atoms with van der Waals surface area (Å²) in [4.78, 5) is 8.65. The SMILES string of the molecule is CCCNc1ncnc(NC2CCC(C)(C)CC2)c1Br. The summed E-state index contributed by atoms with van der Waals surface area (Å²) in [5.41, 5.74) is 0.495. The number of aromatic nitrogens is 2. The first-order chi connectivity index (χ1) is 9.52. The van der Waals surface area contributed by atoms with Crippen LogP contribution in [0.1, 0.15) is 52.9 Å². The van der Waals surface area contributed by atoms with Gasteiger partial charge in [-0.3, -0.25) is 0 Å². The third-order valence-electron chi connectivity index (χ3n) is 4.01. The van der Waals surface area contributed by atoms with Gasteiger partial charge in [0.05, 0.1) is 0 Å². The van der Waals surface area contributed by atoms with Crippen molar-refractivity contribution in [3.63, 3.8) is 0 Å². The van der Waals surface area contributed by atoms with Gasteiger partial charge in [0.2, 0.25) is 0 Å². The predicted molar refractivity (Wildman–Crippen MR) is 88.2 cm³/mol. The van der Waals surface area contributed by atoms with E-state index in [1.807, 2.05) is 0 Å². The van der Waals surface area contributed by atoms with Crippen LogP contribution in [0.3, 0.4) is 0 Å². The summed E-state index contributed by atoms with van der Waals surface area (Å²) in [5, 5.41) is 6.88. The number of anilines is 2. The van der Waals surface area contributed by atoms with Gasteiger partial charge in [-0.2, -0.15) is 0 Å². The van der Waals surface area contributed by atoms with Gasteiger partial charge in [-0.25, -0.2) is 9.97 Å². The molecule has 0 aliphatic heterocycles. The van der Waals surface area contributed by atoms with Crippen molar-refractivity contribution in [3.05, 3.63) is 10.8 Å². The summed E-state index contributed by atoms with van der Waals surface area (Å²) >= 11 is 3.61. The lowest BCUT2D eigenvalue weighted by Gasteiger charge is -2.35. The zero-order valence-corrected chi connectivity index (χ0v) is 14.3. The van der Waals surface area contributed by atoms with Crippen LogP contribution >= 0.6 is 15.9 Å². The molecule has 112 valence electrons. The van der Waals surface area contributed by atoms with E-state index < -0.39 is 0 Å². The molecule has 0 atom stereocenters. The van der Waals surface area contributed by atoms with E-state index >= 15 is 0 Å².